The fourth-order valence-corrected chi connectivity index (χ4v) is 3.53. The number of benzene rings is 2. The standard InChI is InChI=1S/C24H32N4O3/c1-3-25-24(27-20-11-6-12-21(17-20)31-16-8-15-30-2)26-18-23(29)28-14-7-10-19-9-4-5-13-22(19)28/h4-6,9,11-13,17H,3,7-8,10,14-16,18H2,1-2H3,(H2,25,26,27). The number of hydrogen-bond donors (Lipinski definition) is 2. The molecule has 0 aliphatic carbocycles. The van der Waals surface area contributed by atoms with Gasteiger partial charge in [-0.15, -0.1) is 0 Å². The summed E-state index contributed by atoms with van der Waals surface area (Å²) in [6.07, 6.45) is 2.82. The monoisotopic (exact) mass is 424 g/mol. The van der Waals surface area contributed by atoms with Crippen molar-refractivity contribution < 1.29 is 14.3 Å². The number of rotatable bonds is 9. The molecule has 0 aromatic heterocycles. The van der Waals surface area contributed by atoms with Gasteiger partial charge in [0.25, 0.3) is 0 Å². The third-order valence-corrected chi connectivity index (χ3v) is 4.99. The topological polar surface area (TPSA) is 75.2 Å². The Balaban J connectivity index is 1.62. The smallest absolute Gasteiger partial charge is 0.248 e. The first-order valence-corrected chi connectivity index (χ1v) is 10.9. The number of fused-ring (bicyclic) bond motifs is 1. The number of ether oxygens (including phenoxy) is 2. The van der Waals surface area contributed by atoms with Crippen molar-refractivity contribution in [3.63, 3.8) is 0 Å². The van der Waals surface area contributed by atoms with E-state index in [0.717, 1.165) is 42.9 Å². The van der Waals surface area contributed by atoms with Crippen LogP contribution >= 0.6 is 0 Å². The van der Waals surface area contributed by atoms with Gasteiger partial charge in [0, 0.05) is 50.7 Å². The molecule has 166 valence electrons. The maximum absolute atomic E-state index is 12.9. The Morgan fingerprint density at radius 3 is 2.87 bits per heavy atom. The van der Waals surface area contributed by atoms with Gasteiger partial charge in [-0.25, -0.2) is 4.99 Å². The van der Waals surface area contributed by atoms with Crippen LogP contribution in [0.1, 0.15) is 25.3 Å². The van der Waals surface area contributed by atoms with Crippen LogP contribution in [-0.4, -0.2) is 51.8 Å². The van der Waals surface area contributed by atoms with Crippen molar-refractivity contribution in [2.24, 2.45) is 4.99 Å². The first-order valence-electron chi connectivity index (χ1n) is 10.9. The second kappa shape index (κ2) is 12.0. The molecule has 31 heavy (non-hydrogen) atoms. The largest absolute Gasteiger partial charge is 0.493 e. The third kappa shape index (κ3) is 6.72. The van der Waals surface area contributed by atoms with Crippen molar-refractivity contribution >= 4 is 23.2 Å². The van der Waals surface area contributed by atoms with Crippen LogP contribution < -0.4 is 20.3 Å². The highest BCUT2D eigenvalue weighted by molar-refractivity contribution is 5.99. The molecule has 1 heterocycles. The molecule has 0 radical (unpaired) electrons. The maximum Gasteiger partial charge on any atom is 0.248 e. The van der Waals surface area contributed by atoms with Crippen LogP contribution in [0.15, 0.2) is 53.5 Å². The highest BCUT2D eigenvalue weighted by Gasteiger charge is 2.21. The van der Waals surface area contributed by atoms with E-state index in [1.54, 1.807) is 7.11 Å². The summed E-state index contributed by atoms with van der Waals surface area (Å²) < 4.78 is 10.8. The van der Waals surface area contributed by atoms with Gasteiger partial charge in [-0.2, -0.15) is 0 Å². The first-order chi connectivity index (χ1) is 15.2. The average Bonchev–Trinajstić information content (AvgIpc) is 2.80. The first kappa shape index (κ1) is 22.6. The molecule has 2 aromatic carbocycles. The number of aliphatic imine (C=N–C) groups is 1. The summed E-state index contributed by atoms with van der Waals surface area (Å²) in [4.78, 5) is 19.2. The van der Waals surface area contributed by atoms with Gasteiger partial charge in [0.05, 0.1) is 6.61 Å². The van der Waals surface area contributed by atoms with Crippen molar-refractivity contribution in [2.45, 2.75) is 26.2 Å². The highest BCUT2D eigenvalue weighted by atomic mass is 16.5. The van der Waals surface area contributed by atoms with Crippen LogP contribution in [0.4, 0.5) is 11.4 Å². The van der Waals surface area contributed by atoms with Crippen molar-refractivity contribution in [2.75, 3.05) is 50.2 Å². The minimum Gasteiger partial charge on any atom is -0.493 e. The number of hydrogen-bond acceptors (Lipinski definition) is 4. The zero-order chi connectivity index (χ0) is 21.9. The molecule has 3 rings (SSSR count). The van der Waals surface area contributed by atoms with Crippen LogP contribution in [0.2, 0.25) is 0 Å². The molecule has 0 spiro atoms. The Bertz CT molecular complexity index is 885. The fourth-order valence-electron chi connectivity index (χ4n) is 3.53. The zero-order valence-electron chi connectivity index (χ0n) is 18.4. The molecule has 0 bridgehead atoms. The summed E-state index contributed by atoms with van der Waals surface area (Å²) in [6.45, 7) is 4.77. The van der Waals surface area contributed by atoms with E-state index in [2.05, 4.69) is 21.7 Å². The molecule has 7 heteroatoms. The molecule has 0 saturated heterocycles. The number of anilines is 2. The van der Waals surface area contributed by atoms with Crippen molar-refractivity contribution in [1.82, 2.24) is 5.32 Å². The highest BCUT2D eigenvalue weighted by Crippen LogP contribution is 2.26. The molecule has 7 nitrogen and oxygen atoms in total. The van der Waals surface area contributed by atoms with Gasteiger partial charge < -0.3 is 25.0 Å². The van der Waals surface area contributed by atoms with Gasteiger partial charge >= 0.3 is 0 Å². The summed E-state index contributed by atoms with van der Waals surface area (Å²) in [5.74, 6) is 1.34. The molecular weight excluding hydrogens is 392 g/mol. The number of carbonyl (C=O) groups is 1. The lowest BCUT2D eigenvalue weighted by Crippen LogP contribution is -2.38. The minimum absolute atomic E-state index is 0.000389. The summed E-state index contributed by atoms with van der Waals surface area (Å²) >= 11 is 0. The fraction of sp³-hybridized carbons (Fsp3) is 0.417. The number of aryl methyl sites for hydroxylation is 1. The Morgan fingerprint density at radius 1 is 1.16 bits per heavy atom. The van der Waals surface area contributed by atoms with E-state index in [1.165, 1.54) is 5.56 Å². The van der Waals surface area contributed by atoms with E-state index in [9.17, 15) is 4.79 Å². The normalized spacial score (nSPS) is 13.5. The molecule has 0 atom stereocenters. The Hall–Kier alpha value is -3.06. The summed E-state index contributed by atoms with van der Waals surface area (Å²) in [6, 6.07) is 15.8. The van der Waals surface area contributed by atoms with Crippen LogP contribution in [0.5, 0.6) is 5.75 Å². The van der Waals surface area contributed by atoms with Crippen LogP contribution in [0.25, 0.3) is 0 Å². The van der Waals surface area contributed by atoms with E-state index < -0.39 is 0 Å². The van der Waals surface area contributed by atoms with Gasteiger partial charge in [0.2, 0.25) is 5.91 Å². The van der Waals surface area contributed by atoms with Gasteiger partial charge in [0.15, 0.2) is 5.96 Å². The predicted molar refractivity (Wildman–Crippen MR) is 125 cm³/mol. The summed E-state index contributed by atoms with van der Waals surface area (Å²) in [5, 5.41) is 6.46. The number of methoxy groups -OCH3 is 1. The Morgan fingerprint density at radius 2 is 2.03 bits per heavy atom. The Labute approximate surface area is 184 Å². The van der Waals surface area contributed by atoms with E-state index in [0.29, 0.717) is 25.7 Å². The summed E-state index contributed by atoms with van der Waals surface area (Å²) in [7, 11) is 1.68. The third-order valence-electron chi connectivity index (χ3n) is 4.99. The molecule has 2 aromatic rings. The number of nitrogens with zero attached hydrogens (tertiary/aromatic N) is 2. The molecule has 2 N–H and O–H groups in total. The number of guanidine groups is 1. The summed E-state index contributed by atoms with van der Waals surface area (Å²) in [5.41, 5.74) is 3.07. The van der Waals surface area contributed by atoms with Crippen molar-refractivity contribution in [3.8, 4) is 5.75 Å². The van der Waals surface area contributed by atoms with Gasteiger partial charge in [-0.3, -0.25) is 4.79 Å². The lowest BCUT2D eigenvalue weighted by atomic mass is 10.0. The van der Waals surface area contributed by atoms with Crippen molar-refractivity contribution in [1.29, 1.82) is 0 Å². The minimum atomic E-state index is -0.000389. The van der Waals surface area contributed by atoms with Crippen LogP contribution in [0.3, 0.4) is 0 Å². The molecule has 1 amide bonds. The second-order valence-electron chi connectivity index (χ2n) is 7.32. The van der Waals surface area contributed by atoms with Gasteiger partial charge in [0.1, 0.15) is 12.3 Å². The molecular formula is C24H32N4O3. The van der Waals surface area contributed by atoms with Crippen LogP contribution in [-0.2, 0) is 16.0 Å². The lowest BCUT2D eigenvalue weighted by Gasteiger charge is -2.29. The number of nitrogens with one attached hydrogen (secondary N) is 2. The molecule has 0 unspecified atom stereocenters. The number of para-hydroxylation sites is 1. The molecule has 1 aliphatic heterocycles. The zero-order valence-corrected chi connectivity index (χ0v) is 18.4. The van der Waals surface area contributed by atoms with E-state index in [-0.39, 0.29) is 12.5 Å². The van der Waals surface area contributed by atoms with Gasteiger partial charge in [-0.05, 0) is 43.5 Å². The predicted octanol–water partition coefficient (Wildman–Crippen LogP) is 3.46. The number of amides is 1. The quantitative estimate of drug-likeness (QED) is 0.366. The van der Waals surface area contributed by atoms with E-state index in [4.69, 9.17) is 9.47 Å². The molecule has 0 fully saturated rings. The lowest BCUT2D eigenvalue weighted by molar-refractivity contribution is -0.117. The molecule has 1 aliphatic rings. The van der Waals surface area contributed by atoms with Crippen LogP contribution in [0, 0.1) is 0 Å². The van der Waals surface area contributed by atoms with Crippen molar-refractivity contribution in [3.05, 3.63) is 54.1 Å². The second-order valence-corrected chi connectivity index (χ2v) is 7.32. The van der Waals surface area contributed by atoms with Gasteiger partial charge in [-0.1, -0.05) is 24.3 Å². The van der Waals surface area contributed by atoms with E-state index in [1.807, 2.05) is 54.3 Å². The molecule has 0 saturated carbocycles. The SMILES string of the molecule is CCNC(=NCC(=O)N1CCCc2ccccc21)Nc1cccc(OCCCOC)c1. The maximum atomic E-state index is 12.9. The van der Waals surface area contributed by atoms with E-state index >= 15 is 0 Å². The number of carbonyl (C=O) groups excluding carboxylic acids is 1. The Kier molecular flexibility index (Phi) is 8.72. The average molecular weight is 425 g/mol.